The zero-order valence-corrected chi connectivity index (χ0v) is 11.3. The molecule has 1 aliphatic rings. The van der Waals surface area contributed by atoms with Crippen LogP contribution in [0, 0.1) is 5.41 Å². The van der Waals surface area contributed by atoms with Crippen LogP contribution in [0.3, 0.4) is 0 Å². The predicted molar refractivity (Wildman–Crippen MR) is 71.0 cm³/mol. The molecule has 2 rings (SSSR count). The number of nitrogens with zero attached hydrogens (tertiary/aromatic N) is 1. The first-order valence-corrected chi connectivity index (χ1v) is 6.54. The van der Waals surface area contributed by atoms with Crippen LogP contribution in [0.1, 0.15) is 32.4 Å². The maximum absolute atomic E-state index is 12.1. The summed E-state index contributed by atoms with van der Waals surface area (Å²) in [5, 5.41) is 5.60. The molecule has 0 radical (unpaired) electrons. The standard InChI is InChI=1S/C14H19N3O2/c1-10(2)17-13(19)14(6-7-14)12(18)16-9-11-5-3-4-8-15-11/h3-5,8,10H,6-7,9H2,1-2H3,(H,16,18)(H,17,19). The number of aromatic nitrogens is 1. The highest BCUT2D eigenvalue weighted by Gasteiger charge is 2.56. The highest BCUT2D eigenvalue weighted by atomic mass is 16.2. The Hall–Kier alpha value is -1.91. The molecule has 1 aromatic heterocycles. The minimum Gasteiger partial charge on any atom is -0.353 e. The van der Waals surface area contributed by atoms with Crippen LogP contribution in [0.25, 0.3) is 0 Å². The van der Waals surface area contributed by atoms with E-state index in [4.69, 9.17) is 0 Å². The third-order valence-corrected chi connectivity index (χ3v) is 3.20. The number of carbonyl (C=O) groups excluding carboxylic acids is 2. The van der Waals surface area contributed by atoms with Crippen molar-refractivity contribution in [3.8, 4) is 0 Å². The van der Waals surface area contributed by atoms with Crippen molar-refractivity contribution in [2.75, 3.05) is 0 Å². The molecule has 0 spiro atoms. The Morgan fingerprint density at radius 3 is 2.58 bits per heavy atom. The number of hydrogen-bond donors (Lipinski definition) is 2. The molecule has 0 atom stereocenters. The van der Waals surface area contributed by atoms with E-state index in [2.05, 4.69) is 15.6 Å². The molecule has 1 aromatic rings. The number of amides is 2. The van der Waals surface area contributed by atoms with Gasteiger partial charge in [-0.05, 0) is 38.8 Å². The molecule has 2 amide bonds. The van der Waals surface area contributed by atoms with Crippen LogP contribution in [0.4, 0.5) is 0 Å². The van der Waals surface area contributed by atoms with Crippen molar-refractivity contribution >= 4 is 11.8 Å². The predicted octanol–water partition coefficient (Wildman–Crippen LogP) is 1.00. The van der Waals surface area contributed by atoms with Gasteiger partial charge in [-0.2, -0.15) is 0 Å². The van der Waals surface area contributed by atoms with Gasteiger partial charge in [0.2, 0.25) is 11.8 Å². The van der Waals surface area contributed by atoms with Gasteiger partial charge in [0.25, 0.3) is 0 Å². The number of hydrogen-bond acceptors (Lipinski definition) is 3. The summed E-state index contributed by atoms with van der Waals surface area (Å²) in [6, 6.07) is 5.58. The summed E-state index contributed by atoms with van der Waals surface area (Å²) in [5.41, 5.74) is -0.0603. The van der Waals surface area contributed by atoms with Crippen LogP contribution >= 0.6 is 0 Å². The van der Waals surface area contributed by atoms with Crippen molar-refractivity contribution in [2.24, 2.45) is 5.41 Å². The Kier molecular flexibility index (Phi) is 3.83. The first-order chi connectivity index (χ1) is 9.04. The van der Waals surface area contributed by atoms with Crippen molar-refractivity contribution in [2.45, 2.75) is 39.3 Å². The highest BCUT2D eigenvalue weighted by molar-refractivity contribution is 6.07. The van der Waals surface area contributed by atoms with E-state index in [0.29, 0.717) is 19.4 Å². The van der Waals surface area contributed by atoms with E-state index >= 15 is 0 Å². The van der Waals surface area contributed by atoms with E-state index in [0.717, 1.165) is 5.69 Å². The molecule has 0 unspecified atom stereocenters. The van der Waals surface area contributed by atoms with Crippen LogP contribution in [-0.4, -0.2) is 22.8 Å². The molecule has 5 nitrogen and oxygen atoms in total. The number of rotatable bonds is 5. The Morgan fingerprint density at radius 2 is 2.05 bits per heavy atom. The lowest BCUT2D eigenvalue weighted by atomic mass is 10.0. The van der Waals surface area contributed by atoms with E-state index in [1.807, 2.05) is 32.0 Å². The molecular formula is C14H19N3O2. The molecule has 1 aliphatic carbocycles. The Labute approximate surface area is 112 Å². The zero-order chi connectivity index (χ0) is 13.9. The lowest BCUT2D eigenvalue weighted by Gasteiger charge is -2.17. The largest absolute Gasteiger partial charge is 0.353 e. The van der Waals surface area contributed by atoms with Gasteiger partial charge in [0.05, 0.1) is 12.2 Å². The van der Waals surface area contributed by atoms with Gasteiger partial charge in [-0.1, -0.05) is 6.07 Å². The zero-order valence-electron chi connectivity index (χ0n) is 11.3. The summed E-state index contributed by atoms with van der Waals surface area (Å²) in [4.78, 5) is 28.3. The van der Waals surface area contributed by atoms with Gasteiger partial charge in [-0.25, -0.2) is 0 Å². The van der Waals surface area contributed by atoms with Crippen LogP contribution < -0.4 is 10.6 Å². The van der Waals surface area contributed by atoms with Crippen LogP contribution in [0.5, 0.6) is 0 Å². The average Bonchev–Trinajstić information content (AvgIpc) is 3.18. The van der Waals surface area contributed by atoms with E-state index in [9.17, 15) is 9.59 Å². The first-order valence-electron chi connectivity index (χ1n) is 6.54. The number of pyridine rings is 1. The Bertz CT molecular complexity index is 467. The number of carbonyl (C=O) groups is 2. The summed E-state index contributed by atoms with van der Waals surface area (Å²) >= 11 is 0. The lowest BCUT2D eigenvalue weighted by Crippen LogP contribution is -2.45. The van der Waals surface area contributed by atoms with Gasteiger partial charge >= 0.3 is 0 Å². The molecule has 5 heteroatoms. The van der Waals surface area contributed by atoms with Crippen LogP contribution in [-0.2, 0) is 16.1 Å². The third-order valence-electron chi connectivity index (χ3n) is 3.20. The van der Waals surface area contributed by atoms with Gasteiger partial charge in [0, 0.05) is 12.2 Å². The quantitative estimate of drug-likeness (QED) is 0.777. The number of nitrogens with one attached hydrogen (secondary N) is 2. The summed E-state index contributed by atoms with van der Waals surface area (Å²) in [7, 11) is 0. The minimum absolute atomic E-state index is 0.0496. The van der Waals surface area contributed by atoms with Crippen LogP contribution in [0.2, 0.25) is 0 Å². The molecule has 2 N–H and O–H groups in total. The van der Waals surface area contributed by atoms with E-state index in [1.54, 1.807) is 6.20 Å². The average molecular weight is 261 g/mol. The molecule has 0 saturated heterocycles. The fourth-order valence-corrected chi connectivity index (χ4v) is 1.93. The summed E-state index contributed by atoms with van der Waals surface area (Å²) in [5.74, 6) is -0.364. The summed E-state index contributed by atoms with van der Waals surface area (Å²) in [6.45, 7) is 4.13. The van der Waals surface area contributed by atoms with Gasteiger partial charge in [0.1, 0.15) is 5.41 Å². The van der Waals surface area contributed by atoms with Crippen LogP contribution in [0.15, 0.2) is 24.4 Å². The fraction of sp³-hybridized carbons (Fsp3) is 0.500. The fourth-order valence-electron chi connectivity index (χ4n) is 1.93. The molecule has 102 valence electrons. The maximum Gasteiger partial charge on any atom is 0.236 e. The van der Waals surface area contributed by atoms with Crippen molar-refractivity contribution in [3.05, 3.63) is 30.1 Å². The van der Waals surface area contributed by atoms with E-state index < -0.39 is 5.41 Å². The van der Waals surface area contributed by atoms with E-state index in [1.165, 1.54) is 0 Å². The monoisotopic (exact) mass is 261 g/mol. The first kappa shape index (κ1) is 13.5. The second kappa shape index (κ2) is 5.38. The SMILES string of the molecule is CC(C)NC(=O)C1(C(=O)NCc2ccccn2)CC1. The molecule has 0 aromatic carbocycles. The molecular weight excluding hydrogens is 242 g/mol. The normalized spacial score (nSPS) is 15.9. The van der Waals surface area contributed by atoms with Crippen molar-refractivity contribution in [1.82, 2.24) is 15.6 Å². The summed E-state index contributed by atoms with van der Waals surface area (Å²) in [6.07, 6.45) is 2.93. The van der Waals surface area contributed by atoms with Gasteiger partial charge in [0.15, 0.2) is 0 Å². The molecule has 1 fully saturated rings. The molecule has 0 aliphatic heterocycles. The topological polar surface area (TPSA) is 71.1 Å². The smallest absolute Gasteiger partial charge is 0.236 e. The molecule has 0 bridgehead atoms. The third kappa shape index (κ3) is 3.10. The highest BCUT2D eigenvalue weighted by Crippen LogP contribution is 2.46. The maximum atomic E-state index is 12.1. The van der Waals surface area contributed by atoms with Crippen molar-refractivity contribution in [3.63, 3.8) is 0 Å². The Balaban J connectivity index is 1.91. The minimum atomic E-state index is -0.848. The lowest BCUT2D eigenvalue weighted by molar-refractivity contribution is -0.137. The molecule has 1 heterocycles. The van der Waals surface area contributed by atoms with Crippen molar-refractivity contribution in [1.29, 1.82) is 0 Å². The second-order valence-corrected chi connectivity index (χ2v) is 5.21. The van der Waals surface area contributed by atoms with Crippen molar-refractivity contribution < 1.29 is 9.59 Å². The van der Waals surface area contributed by atoms with Gasteiger partial charge in [-0.15, -0.1) is 0 Å². The summed E-state index contributed by atoms with van der Waals surface area (Å²) < 4.78 is 0. The molecule has 19 heavy (non-hydrogen) atoms. The van der Waals surface area contributed by atoms with Gasteiger partial charge < -0.3 is 10.6 Å². The van der Waals surface area contributed by atoms with Gasteiger partial charge in [-0.3, -0.25) is 14.6 Å². The van der Waals surface area contributed by atoms with E-state index in [-0.39, 0.29) is 17.9 Å². The Morgan fingerprint density at radius 1 is 1.32 bits per heavy atom. The second-order valence-electron chi connectivity index (χ2n) is 5.21. The molecule has 1 saturated carbocycles.